The Bertz CT molecular complexity index is 918. The zero-order valence-electron chi connectivity index (χ0n) is 11.6. The molecule has 0 fully saturated rings. The lowest BCUT2D eigenvalue weighted by atomic mass is 10.2. The van der Waals surface area contributed by atoms with Crippen LogP contribution < -0.4 is 5.43 Å². The highest BCUT2D eigenvalue weighted by molar-refractivity contribution is 6.36. The van der Waals surface area contributed by atoms with E-state index < -0.39 is 0 Å². The number of hydrogen-bond acceptors (Lipinski definition) is 2. The van der Waals surface area contributed by atoms with Gasteiger partial charge in [-0.25, -0.2) is 5.43 Å². The van der Waals surface area contributed by atoms with E-state index in [1.807, 2.05) is 6.07 Å². The fourth-order valence-electron chi connectivity index (χ4n) is 2.05. The summed E-state index contributed by atoms with van der Waals surface area (Å²) >= 11 is 17.8. The molecule has 0 aliphatic heterocycles. The molecule has 116 valence electrons. The van der Waals surface area contributed by atoms with E-state index in [0.29, 0.717) is 26.3 Å². The Morgan fingerprint density at radius 3 is 2.57 bits per heavy atom. The summed E-state index contributed by atoms with van der Waals surface area (Å²) in [6.07, 6.45) is 1.45. The molecule has 0 atom stereocenters. The summed E-state index contributed by atoms with van der Waals surface area (Å²) < 4.78 is 0. The highest BCUT2D eigenvalue weighted by atomic mass is 35.5. The number of aromatic nitrogens is 1. The summed E-state index contributed by atoms with van der Waals surface area (Å²) in [6.45, 7) is 0. The number of rotatable bonds is 3. The highest BCUT2D eigenvalue weighted by Crippen LogP contribution is 2.20. The van der Waals surface area contributed by atoms with Crippen LogP contribution in [0.25, 0.3) is 10.9 Å². The Hall–Kier alpha value is -2.01. The molecule has 0 saturated carbocycles. The summed E-state index contributed by atoms with van der Waals surface area (Å²) in [6, 6.07) is 12.1. The number of benzene rings is 2. The molecule has 0 radical (unpaired) electrons. The third-order valence-electron chi connectivity index (χ3n) is 3.16. The molecule has 0 aliphatic rings. The molecule has 3 aromatic rings. The topological polar surface area (TPSA) is 57.2 Å². The maximum Gasteiger partial charge on any atom is 0.287 e. The molecular formula is C16H10Cl3N3O. The number of fused-ring (bicyclic) bond motifs is 1. The molecule has 3 rings (SSSR count). The largest absolute Gasteiger partial charge is 0.350 e. The molecule has 2 aromatic carbocycles. The van der Waals surface area contributed by atoms with Gasteiger partial charge in [0.25, 0.3) is 5.91 Å². The van der Waals surface area contributed by atoms with Crippen LogP contribution in [0.4, 0.5) is 0 Å². The van der Waals surface area contributed by atoms with Gasteiger partial charge in [-0.15, -0.1) is 0 Å². The Kier molecular flexibility index (Phi) is 4.57. The van der Waals surface area contributed by atoms with Gasteiger partial charge < -0.3 is 4.98 Å². The number of carbonyl (C=O) groups is 1. The van der Waals surface area contributed by atoms with Gasteiger partial charge in [0.15, 0.2) is 0 Å². The first-order chi connectivity index (χ1) is 11.0. The highest BCUT2D eigenvalue weighted by Gasteiger charge is 2.09. The van der Waals surface area contributed by atoms with E-state index in [4.69, 9.17) is 34.8 Å². The average molecular weight is 367 g/mol. The van der Waals surface area contributed by atoms with E-state index in [1.165, 1.54) is 6.21 Å². The van der Waals surface area contributed by atoms with Gasteiger partial charge in [0, 0.05) is 26.5 Å². The molecule has 0 unspecified atom stereocenters. The van der Waals surface area contributed by atoms with Crippen molar-refractivity contribution in [2.24, 2.45) is 5.10 Å². The molecule has 1 amide bonds. The second-order valence-electron chi connectivity index (χ2n) is 4.78. The Morgan fingerprint density at radius 2 is 1.78 bits per heavy atom. The van der Waals surface area contributed by atoms with Crippen LogP contribution in [-0.2, 0) is 0 Å². The number of halogens is 3. The quantitative estimate of drug-likeness (QED) is 0.503. The van der Waals surface area contributed by atoms with Gasteiger partial charge in [0.05, 0.1) is 11.2 Å². The molecule has 0 saturated heterocycles. The number of H-pyrrole nitrogens is 1. The number of amides is 1. The molecule has 0 spiro atoms. The van der Waals surface area contributed by atoms with Gasteiger partial charge in [0.2, 0.25) is 0 Å². The summed E-state index contributed by atoms with van der Waals surface area (Å²) in [7, 11) is 0. The Balaban J connectivity index is 1.74. The Labute approximate surface area is 147 Å². The number of hydrogen-bond donors (Lipinski definition) is 2. The zero-order chi connectivity index (χ0) is 16.4. The van der Waals surface area contributed by atoms with Crippen molar-refractivity contribution < 1.29 is 4.79 Å². The van der Waals surface area contributed by atoms with Crippen LogP contribution in [0.2, 0.25) is 15.1 Å². The van der Waals surface area contributed by atoms with E-state index in [9.17, 15) is 4.79 Å². The van der Waals surface area contributed by atoms with Crippen molar-refractivity contribution in [2.75, 3.05) is 0 Å². The number of hydrazone groups is 1. The van der Waals surface area contributed by atoms with Crippen molar-refractivity contribution in [2.45, 2.75) is 0 Å². The molecular weight excluding hydrogens is 357 g/mol. The van der Waals surface area contributed by atoms with Crippen LogP contribution in [0.3, 0.4) is 0 Å². The van der Waals surface area contributed by atoms with E-state index in [-0.39, 0.29) is 5.91 Å². The van der Waals surface area contributed by atoms with Gasteiger partial charge in [-0.1, -0.05) is 40.9 Å². The van der Waals surface area contributed by atoms with Crippen LogP contribution in [0, 0.1) is 0 Å². The van der Waals surface area contributed by atoms with E-state index in [0.717, 1.165) is 10.9 Å². The van der Waals surface area contributed by atoms with Crippen molar-refractivity contribution in [3.8, 4) is 0 Å². The van der Waals surface area contributed by atoms with Gasteiger partial charge in [0.1, 0.15) is 5.69 Å². The fourth-order valence-corrected chi connectivity index (χ4v) is 2.69. The SMILES string of the molecule is O=C(N/N=C/c1ccc(Cl)cc1Cl)c1cc2cc(Cl)ccc2[nH]1. The summed E-state index contributed by atoms with van der Waals surface area (Å²) in [5.41, 5.74) is 4.31. The van der Waals surface area contributed by atoms with Gasteiger partial charge in [-0.05, 0) is 36.4 Å². The number of carbonyl (C=O) groups excluding carboxylic acids is 1. The smallest absolute Gasteiger partial charge is 0.287 e. The second-order valence-corrected chi connectivity index (χ2v) is 6.06. The van der Waals surface area contributed by atoms with E-state index in [2.05, 4.69) is 15.5 Å². The molecule has 1 aromatic heterocycles. The third-order valence-corrected chi connectivity index (χ3v) is 3.96. The van der Waals surface area contributed by atoms with Crippen molar-refractivity contribution in [1.29, 1.82) is 0 Å². The molecule has 23 heavy (non-hydrogen) atoms. The minimum Gasteiger partial charge on any atom is -0.350 e. The van der Waals surface area contributed by atoms with Gasteiger partial charge in [-0.2, -0.15) is 5.10 Å². The predicted molar refractivity (Wildman–Crippen MR) is 94.8 cm³/mol. The van der Waals surface area contributed by atoms with Crippen LogP contribution in [0.5, 0.6) is 0 Å². The van der Waals surface area contributed by atoms with Crippen LogP contribution in [-0.4, -0.2) is 17.1 Å². The zero-order valence-corrected chi connectivity index (χ0v) is 13.9. The molecule has 4 nitrogen and oxygen atoms in total. The maximum atomic E-state index is 12.1. The standard InChI is InChI=1S/C16H10Cl3N3O/c17-11-3-4-14-10(5-11)6-15(21-14)16(23)22-20-8-9-1-2-12(18)7-13(9)19/h1-8,21H,(H,22,23)/b20-8+. The Morgan fingerprint density at radius 1 is 1.04 bits per heavy atom. The number of aromatic amines is 1. The molecule has 2 N–H and O–H groups in total. The summed E-state index contributed by atoms with van der Waals surface area (Å²) in [4.78, 5) is 15.1. The number of nitrogens with one attached hydrogen (secondary N) is 2. The first-order valence-corrected chi connectivity index (χ1v) is 7.73. The lowest BCUT2D eigenvalue weighted by molar-refractivity contribution is 0.0951. The number of nitrogens with zero attached hydrogens (tertiary/aromatic N) is 1. The average Bonchev–Trinajstić information content (AvgIpc) is 2.92. The maximum absolute atomic E-state index is 12.1. The molecule has 7 heteroatoms. The predicted octanol–water partition coefficient (Wildman–Crippen LogP) is 4.89. The van der Waals surface area contributed by atoms with E-state index in [1.54, 1.807) is 36.4 Å². The molecule has 0 bridgehead atoms. The third kappa shape index (κ3) is 3.67. The normalized spacial score (nSPS) is 11.3. The first-order valence-electron chi connectivity index (χ1n) is 6.59. The van der Waals surface area contributed by atoms with Gasteiger partial charge >= 0.3 is 0 Å². The second kappa shape index (κ2) is 6.62. The van der Waals surface area contributed by atoms with E-state index >= 15 is 0 Å². The molecule has 0 aliphatic carbocycles. The summed E-state index contributed by atoms with van der Waals surface area (Å²) in [5, 5.41) is 6.35. The van der Waals surface area contributed by atoms with Crippen LogP contribution >= 0.6 is 34.8 Å². The minimum atomic E-state index is -0.362. The lowest BCUT2D eigenvalue weighted by Crippen LogP contribution is -2.17. The van der Waals surface area contributed by atoms with Crippen LogP contribution in [0.1, 0.15) is 16.1 Å². The van der Waals surface area contributed by atoms with Gasteiger partial charge in [-0.3, -0.25) is 4.79 Å². The van der Waals surface area contributed by atoms with Crippen molar-refractivity contribution in [3.05, 3.63) is 68.8 Å². The lowest BCUT2D eigenvalue weighted by Gasteiger charge is -1.99. The van der Waals surface area contributed by atoms with Crippen molar-refractivity contribution >= 4 is 57.8 Å². The fraction of sp³-hybridized carbons (Fsp3) is 0. The summed E-state index contributed by atoms with van der Waals surface area (Å²) in [5.74, 6) is -0.362. The first kappa shape index (κ1) is 15.9. The molecule has 1 heterocycles. The van der Waals surface area contributed by atoms with Crippen molar-refractivity contribution in [1.82, 2.24) is 10.4 Å². The minimum absolute atomic E-state index is 0.362. The van der Waals surface area contributed by atoms with Crippen molar-refractivity contribution in [3.63, 3.8) is 0 Å². The monoisotopic (exact) mass is 365 g/mol. The van der Waals surface area contributed by atoms with Crippen LogP contribution in [0.15, 0.2) is 47.6 Å².